The Hall–Kier alpha value is -1.88. The van der Waals surface area contributed by atoms with Crippen molar-refractivity contribution in [1.29, 1.82) is 0 Å². The van der Waals surface area contributed by atoms with Crippen molar-refractivity contribution in [3.63, 3.8) is 0 Å². The molecule has 0 spiro atoms. The van der Waals surface area contributed by atoms with E-state index in [1.165, 1.54) is 0 Å². The second kappa shape index (κ2) is 8.42. The number of ether oxygens (including phenoxy) is 1. The Labute approximate surface area is 126 Å². The minimum Gasteiger partial charge on any atom is -0.491 e. The lowest BCUT2D eigenvalue weighted by Gasteiger charge is -2.19. The number of hydrogen-bond donors (Lipinski definition) is 1. The molecular weight excluding hydrogens is 268 g/mol. The van der Waals surface area contributed by atoms with E-state index < -0.39 is 5.91 Å². The van der Waals surface area contributed by atoms with Gasteiger partial charge in [-0.3, -0.25) is 9.59 Å². The first-order valence-electron chi connectivity index (χ1n) is 7.36. The van der Waals surface area contributed by atoms with Gasteiger partial charge < -0.3 is 15.4 Å². The minimum absolute atomic E-state index is 0.0593. The first-order chi connectivity index (χ1) is 10.0. The van der Waals surface area contributed by atoms with E-state index in [1.54, 1.807) is 25.1 Å². The lowest BCUT2D eigenvalue weighted by molar-refractivity contribution is 0.0982. The third-order valence-electron chi connectivity index (χ3n) is 3.45. The molecular formula is C16H24N2O3. The van der Waals surface area contributed by atoms with Gasteiger partial charge in [0.25, 0.3) is 5.91 Å². The van der Waals surface area contributed by atoms with E-state index in [2.05, 4.69) is 18.7 Å². The highest BCUT2D eigenvalue weighted by Crippen LogP contribution is 2.25. The number of rotatable bonds is 9. The van der Waals surface area contributed by atoms with Crippen LogP contribution < -0.4 is 10.5 Å². The highest BCUT2D eigenvalue weighted by molar-refractivity contribution is 6.04. The number of para-hydroxylation sites is 1. The van der Waals surface area contributed by atoms with Crippen LogP contribution in [0.2, 0.25) is 0 Å². The third kappa shape index (κ3) is 4.56. The zero-order chi connectivity index (χ0) is 15.8. The van der Waals surface area contributed by atoms with Crippen LogP contribution in [0.1, 0.15) is 47.9 Å². The SMILES string of the molecule is CCC(=O)c1cccc(C(N)=O)c1OCCN(CC)CC. The largest absolute Gasteiger partial charge is 0.491 e. The lowest BCUT2D eigenvalue weighted by atomic mass is 10.0. The second-order valence-corrected chi connectivity index (χ2v) is 4.70. The quantitative estimate of drug-likeness (QED) is 0.707. The number of amides is 1. The molecule has 0 aliphatic rings. The Morgan fingerprint density at radius 3 is 2.29 bits per heavy atom. The summed E-state index contributed by atoms with van der Waals surface area (Å²) in [6.07, 6.45) is 0.356. The molecule has 0 aliphatic carbocycles. The molecule has 1 rings (SSSR count). The maximum atomic E-state index is 12.0. The zero-order valence-corrected chi connectivity index (χ0v) is 13.0. The van der Waals surface area contributed by atoms with Crippen molar-refractivity contribution < 1.29 is 14.3 Å². The van der Waals surface area contributed by atoms with Gasteiger partial charge in [0.2, 0.25) is 0 Å². The first-order valence-corrected chi connectivity index (χ1v) is 7.36. The first kappa shape index (κ1) is 17.2. The van der Waals surface area contributed by atoms with Crippen molar-refractivity contribution in [1.82, 2.24) is 4.90 Å². The topological polar surface area (TPSA) is 72.6 Å². The van der Waals surface area contributed by atoms with Gasteiger partial charge in [0.1, 0.15) is 12.4 Å². The van der Waals surface area contributed by atoms with Crippen LogP contribution in [0.4, 0.5) is 0 Å². The predicted octanol–water partition coefficient (Wildman–Crippen LogP) is 2.10. The Morgan fingerprint density at radius 2 is 1.76 bits per heavy atom. The molecule has 0 heterocycles. The summed E-state index contributed by atoms with van der Waals surface area (Å²) in [6.45, 7) is 8.94. The number of benzene rings is 1. The molecule has 0 bridgehead atoms. The Bertz CT molecular complexity index is 496. The molecule has 0 saturated carbocycles. The lowest BCUT2D eigenvalue weighted by Crippen LogP contribution is -2.28. The molecule has 0 aliphatic heterocycles. The van der Waals surface area contributed by atoms with Gasteiger partial charge in [0, 0.05) is 13.0 Å². The van der Waals surface area contributed by atoms with Gasteiger partial charge in [-0.15, -0.1) is 0 Å². The number of primary amides is 1. The standard InChI is InChI=1S/C16H24N2O3/c1-4-14(19)12-8-7-9-13(16(17)20)15(12)21-11-10-18(5-2)6-3/h7-9H,4-6,10-11H2,1-3H3,(H2,17,20). The molecule has 2 N–H and O–H groups in total. The Kier molecular flexibility index (Phi) is 6.88. The summed E-state index contributed by atoms with van der Waals surface area (Å²) in [4.78, 5) is 25.7. The molecule has 21 heavy (non-hydrogen) atoms. The summed E-state index contributed by atoms with van der Waals surface area (Å²) in [5.74, 6) is -0.335. The van der Waals surface area contributed by atoms with Crippen LogP contribution in [0.3, 0.4) is 0 Å². The van der Waals surface area contributed by atoms with E-state index in [4.69, 9.17) is 10.5 Å². The fourth-order valence-electron chi connectivity index (χ4n) is 2.11. The van der Waals surface area contributed by atoms with E-state index in [1.807, 2.05) is 0 Å². The Morgan fingerprint density at radius 1 is 1.14 bits per heavy atom. The van der Waals surface area contributed by atoms with E-state index in [9.17, 15) is 9.59 Å². The molecule has 1 amide bonds. The van der Waals surface area contributed by atoms with Crippen LogP contribution in [-0.2, 0) is 0 Å². The highest BCUT2D eigenvalue weighted by Gasteiger charge is 2.18. The molecule has 116 valence electrons. The number of nitrogens with zero attached hydrogens (tertiary/aromatic N) is 1. The van der Waals surface area contributed by atoms with Gasteiger partial charge in [0.05, 0.1) is 11.1 Å². The number of carbonyl (C=O) groups is 2. The van der Waals surface area contributed by atoms with Crippen molar-refractivity contribution in [3.8, 4) is 5.75 Å². The van der Waals surface area contributed by atoms with Crippen LogP contribution in [-0.4, -0.2) is 42.8 Å². The number of ketones is 1. The van der Waals surface area contributed by atoms with Crippen LogP contribution in [0.5, 0.6) is 5.75 Å². The average molecular weight is 292 g/mol. The maximum Gasteiger partial charge on any atom is 0.252 e. The number of carbonyl (C=O) groups excluding carboxylic acids is 2. The molecule has 5 heteroatoms. The van der Waals surface area contributed by atoms with Crippen molar-refractivity contribution in [3.05, 3.63) is 29.3 Å². The summed E-state index contributed by atoms with van der Waals surface area (Å²) < 4.78 is 5.72. The van der Waals surface area contributed by atoms with Gasteiger partial charge in [-0.1, -0.05) is 26.8 Å². The second-order valence-electron chi connectivity index (χ2n) is 4.70. The number of nitrogens with two attached hydrogens (primary N) is 1. The van der Waals surface area contributed by atoms with Gasteiger partial charge in [0.15, 0.2) is 5.78 Å². The monoisotopic (exact) mass is 292 g/mol. The van der Waals surface area contributed by atoms with Crippen LogP contribution >= 0.6 is 0 Å². The van der Waals surface area contributed by atoms with Gasteiger partial charge in [-0.2, -0.15) is 0 Å². The molecule has 0 saturated heterocycles. The van der Waals surface area contributed by atoms with E-state index in [-0.39, 0.29) is 11.3 Å². The normalized spacial score (nSPS) is 10.7. The van der Waals surface area contributed by atoms with Crippen molar-refractivity contribution in [2.45, 2.75) is 27.2 Å². The van der Waals surface area contributed by atoms with Crippen LogP contribution in [0.25, 0.3) is 0 Å². The van der Waals surface area contributed by atoms with E-state index >= 15 is 0 Å². The maximum absolute atomic E-state index is 12.0. The molecule has 1 aromatic rings. The number of likely N-dealkylation sites (N-methyl/N-ethyl adjacent to an activating group) is 1. The summed E-state index contributed by atoms with van der Waals surface area (Å²) in [5, 5.41) is 0. The van der Waals surface area contributed by atoms with E-state index in [0.29, 0.717) is 24.3 Å². The average Bonchev–Trinajstić information content (AvgIpc) is 2.50. The number of hydrogen-bond acceptors (Lipinski definition) is 4. The molecule has 0 atom stereocenters. The fourth-order valence-corrected chi connectivity index (χ4v) is 2.11. The van der Waals surface area contributed by atoms with Gasteiger partial charge in [-0.25, -0.2) is 0 Å². The van der Waals surface area contributed by atoms with Crippen molar-refractivity contribution in [2.75, 3.05) is 26.2 Å². The van der Waals surface area contributed by atoms with Crippen molar-refractivity contribution in [2.24, 2.45) is 5.73 Å². The van der Waals surface area contributed by atoms with Crippen molar-refractivity contribution >= 4 is 11.7 Å². The molecule has 1 aromatic carbocycles. The minimum atomic E-state index is -0.585. The molecule has 5 nitrogen and oxygen atoms in total. The molecule has 0 aromatic heterocycles. The highest BCUT2D eigenvalue weighted by atomic mass is 16.5. The summed E-state index contributed by atoms with van der Waals surface area (Å²) in [7, 11) is 0. The van der Waals surface area contributed by atoms with Gasteiger partial charge in [-0.05, 0) is 25.2 Å². The smallest absolute Gasteiger partial charge is 0.252 e. The predicted molar refractivity (Wildman–Crippen MR) is 82.9 cm³/mol. The molecule has 0 fully saturated rings. The zero-order valence-electron chi connectivity index (χ0n) is 13.0. The van der Waals surface area contributed by atoms with Crippen LogP contribution in [0.15, 0.2) is 18.2 Å². The number of Topliss-reactive ketones (excluding diaryl/α,β-unsaturated/α-hetero) is 1. The Balaban J connectivity index is 2.96. The van der Waals surface area contributed by atoms with Gasteiger partial charge >= 0.3 is 0 Å². The van der Waals surface area contributed by atoms with Crippen LogP contribution in [0, 0.1) is 0 Å². The van der Waals surface area contributed by atoms with E-state index in [0.717, 1.165) is 19.6 Å². The third-order valence-corrected chi connectivity index (χ3v) is 3.45. The summed E-state index contributed by atoms with van der Waals surface area (Å²) in [6, 6.07) is 4.91. The summed E-state index contributed by atoms with van der Waals surface area (Å²) >= 11 is 0. The molecule has 0 unspecified atom stereocenters. The molecule has 0 radical (unpaired) electrons. The summed E-state index contributed by atoms with van der Waals surface area (Å²) in [5.41, 5.74) is 6.05. The fraction of sp³-hybridized carbons (Fsp3) is 0.500.